The lowest BCUT2D eigenvalue weighted by molar-refractivity contribution is 0.595. The molecule has 1 heterocycles. The maximum Gasteiger partial charge on any atom is 0.279 e. The van der Waals surface area contributed by atoms with E-state index < -0.39 is 15.8 Å². The summed E-state index contributed by atoms with van der Waals surface area (Å²) < 4.78 is 39.3. The van der Waals surface area contributed by atoms with Crippen LogP contribution in [0.25, 0.3) is 0 Å². The Bertz CT molecular complexity index is 684. The van der Waals surface area contributed by atoms with Gasteiger partial charge in [0.1, 0.15) is 11.6 Å². The Balaban J connectivity index is 2.33. The summed E-state index contributed by atoms with van der Waals surface area (Å²) >= 11 is 5.58. The lowest BCUT2D eigenvalue weighted by atomic mass is 10.3. The first-order valence-electron chi connectivity index (χ1n) is 4.88. The van der Waals surface area contributed by atoms with Crippen molar-refractivity contribution >= 4 is 27.3 Å². The number of imidazole rings is 1. The summed E-state index contributed by atoms with van der Waals surface area (Å²) in [5.41, 5.74) is -0.174. The fraction of sp³-hybridized carbons (Fsp3) is 0.100. The molecule has 1 aromatic carbocycles. The Morgan fingerprint density at radius 1 is 1.44 bits per heavy atom. The summed E-state index contributed by atoms with van der Waals surface area (Å²) in [5, 5.41) is 0.0576. The summed E-state index contributed by atoms with van der Waals surface area (Å²) in [7, 11) is -3.88. The molecule has 0 bridgehead atoms. The molecule has 0 saturated heterocycles. The number of benzene rings is 1. The number of halogens is 2. The van der Waals surface area contributed by atoms with E-state index in [-0.39, 0.29) is 15.7 Å². The number of aromatic amines is 1. The highest BCUT2D eigenvalue weighted by atomic mass is 35.5. The first kappa shape index (κ1) is 12.8. The molecule has 0 aliphatic rings. The van der Waals surface area contributed by atoms with Gasteiger partial charge in [-0.25, -0.2) is 9.37 Å². The Morgan fingerprint density at radius 2 is 2.17 bits per heavy atom. The number of aryl methyl sites for hydroxylation is 1. The van der Waals surface area contributed by atoms with E-state index in [9.17, 15) is 12.8 Å². The van der Waals surface area contributed by atoms with Crippen molar-refractivity contribution in [3.8, 4) is 0 Å². The van der Waals surface area contributed by atoms with Gasteiger partial charge < -0.3 is 4.98 Å². The molecule has 0 aliphatic carbocycles. The smallest absolute Gasteiger partial charge is 0.279 e. The van der Waals surface area contributed by atoms with Crippen LogP contribution in [-0.2, 0) is 10.0 Å². The number of sulfonamides is 1. The number of nitrogens with zero attached hydrogens (tertiary/aromatic N) is 1. The molecule has 8 heteroatoms. The van der Waals surface area contributed by atoms with Crippen LogP contribution in [0.1, 0.15) is 5.82 Å². The second-order valence-electron chi connectivity index (χ2n) is 3.56. The maximum atomic E-state index is 13.5. The minimum Gasteiger partial charge on any atom is -0.332 e. The fourth-order valence-corrected chi connectivity index (χ4v) is 2.50. The number of H-pyrrole nitrogens is 1. The number of anilines is 1. The predicted molar refractivity (Wildman–Crippen MR) is 65.5 cm³/mol. The third kappa shape index (κ3) is 2.62. The third-order valence-corrected chi connectivity index (χ3v) is 3.65. The summed E-state index contributed by atoms with van der Waals surface area (Å²) in [6.45, 7) is 1.61. The summed E-state index contributed by atoms with van der Waals surface area (Å²) in [5.74, 6) is -0.297. The minimum absolute atomic E-state index is 0.130. The average Bonchev–Trinajstić information content (AvgIpc) is 2.70. The molecule has 18 heavy (non-hydrogen) atoms. The van der Waals surface area contributed by atoms with Crippen LogP contribution in [0.5, 0.6) is 0 Å². The molecule has 0 atom stereocenters. The van der Waals surface area contributed by atoms with Crippen molar-refractivity contribution in [3.05, 3.63) is 41.1 Å². The van der Waals surface area contributed by atoms with Gasteiger partial charge in [0.15, 0.2) is 5.03 Å². The van der Waals surface area contributed by atoms with Crippen molar-refractivity contribution in [2.75, 3.05) is 4.72 Å². The Labute approximate surface area is 108 Å². The Morgan fingerprint density at radius 3 is 2.72 bits per heavy atom. The number of hydrogen-bond donors (Lipinski definition) is 2. The van der Waals surface area contributed by atoms with Crippen LogP contribution in [0, 0.1) is 12.7 Å². The first-order valence-corrected chi connectivity index (χ1v) is 6.74. The van der Waals surface area contributed by atoms with Crippen LogP contribution in [0.15, 0.2) is 29.4 Å². The van der Waals surface area contributed by atoms with Crippen molar-refractivity contribution < 1.29 is 12.8 Å². The Hall–Kier alpha value is -1.60. The van der Waals surface area contributed by atoms with E-state index >= 15 is 0 Å². The largest absolute Gasteiger partial charge is 0.332 e. The minimum atomic E-state index is -3.88. The summed E-state index contributed by atoms with van der Waals surface area (Å²) in [4.78, 5) is 6.33. The van der Waals surface area contributed by atoms with E-state index in [0.29, 0.717) is 5.82 Å². The lowest BCUT2D eigenvalue weighted by Gasteiger charge is -2.07. The molecule has 2 aromatic rings. The fourth-order valence-electron chi connectivity index (χ4n) is 1.31. The van der Waals surface area contributed by atoms with Gasteiger partial charge in [-0.15, -0.1) is 0 Å². The van der Waals surface area contributed by atoms with Crippen molar-refractivity contribution in [2.45, 2.75) is 11.9 Å². The molecule has 0 fully saturated rings. The second kappa shape index (κ2) is 4.58. The van der Waals surface area contributed by atoms with Gasteiger partial charge >= 0.3 is 0 Å². The molecule has 2 N–H and O–H groups in total. The molecular weight excluding hydrogens is 281 g/mol. The van der Waals surface area contributed by atoms with Crippen LogP contribution >= 0.6 is 11.6 Å². The van der Waals surface area contributed by atoms with Gasteiger partial charge in [-0.05, 0) is 25.1 Å². The SMILES string of the molecule is Cc1ncc(S(=O)(=O)Nc2ccc(Cl)cc2F)[nH]1. The van der Waals surface area contributed by atoms with Gasteiger partial charge in [-0.2, -0.15) is 8.42 Å². The second-order valence-corrected chi connectivity index (χ2v) is 5.65. The van der Waals surface area contributed by atoms with Gasteiger partial charge in [-0.3, -0.25) is 4.72 Å². The molecule has 0 saturated carbocycles. The van der Waals surface area contributed by atoms with Gasteiger partial charge in [0.25, 0.3) is 10.0 Å². The highest BCUT2D eigenvalue weighted by molar-refractivity contribution is 7.92. The van der Waals surface area contributed by atoms with Crippen molar-refractivity contribution in [1.29, 1.82) is 0 Å². The molecule has 5 nitrogen and oxygen atoms in total. The van der Waals surface area contributed by atoms with Crippen LogP contribution < -0.4 is 4.72 Å². The van der Waals surface area contributed by atoms with Crippen LogP contribution in [0.4, 0.5) is 10.1 Å². The number of hydrogen-bond acceptors (Lipinski definition) is 3. The number of nitrogens with one attached hydrogen (secondary N) is 2. The van der Waals surface area contributed by atoms with Gasteiger partial charge in [0.2, 0.25) is 0 Å². The zero-order valence-electron chi connectivity index (χ0n) is 9.24. The molecule has 1 aromatic heterocycles. The molecule has 0 spiro atoms. The monoisotopic (exact) mass is 289 g/mol. The van der Waals surface area contributed by atoms with E-state index in [4.69, 9.17) is 11.6 Å². The normalized spacial score (nSPS) is 11.5. The highest BCUT2D eigenvalue weighted by Gasteiger charge is 2.18. The van der Waals surface area contributed by atoms with Gasteiger partial charge in [-0.1, -0.05) is 11.6 Å². The van der Waals surface area contributed by atoms with Crippen molar-refractivity contribution in [1.82, 2.24) is 9.97 Å². The van der Waals surface area contributed by atoms with E-state index in [1.165, 1.54) is 12.1 Å². The Kier molecular flexibility index (Phi) is 3.27. The van der Waals surface area contributed by atoms with Crippen LogP contribution in [-0.4, -0.2) is 18.4 Å². The topological polar surface area (TPSA) is 74.8 Å². The van der Waals surface area contributed by atoms with Crippen LogP contribution in [0.2, 0.25) is 5.02 Å². The predicted octanol–water partition coefficient (Wildman–Crippen LogP) is 2.31. The van der Waals surface area contributed by atoms with Crippen LogP contribution in [0.3, 0.4) is 0 Å². The quantitative estimate of drug-likeness (QED) is 0.910. The van der Waals surface area contributed by atoms with Crippen molar-refractivity contribution in [2.24, 2.45) is 0 Å². The van der Waals surface area contributed by atoms with E-state index in [1.54, 1.807) is 6.92 Å². The van der Waals surface area contributed by atoms with Crippen molar-refractivity contribution in [3.63, 3.8) is 0 Å². The zero-order chi connectivity index (χ0) is 13.3. The number of aromatic nitrogens is 2. The van der Waals surface area contributed by atoms with E-state index in [1.807, 2.05) is 0 Å². The lowest BCUT2D eigenvalue weighted by Crippen LogP contribution is -2.14. The van der Waals surface area contributed by atoms with E-state index in [0.717, 1.165) is 12.3 Å². The standard InChI is InChI=1S/C10H9ClFN3O2S/c1-6-13-5-10(14-6)18(16,17)15-9-3-2-7(11)4-8(9)12/h2-5,15H,1H3,(H,13,14). The molecule has 2 rings (SSSR count). The van der Waals surface area contributed by atoms with Gasteiger partial charge in [0, 0.05) is 5.02 Å². The van der Waals surface area contributed by atoms with Gasteiger partial charge in [0.05, 0.1) is 11.9 Å². The molecule has 96 valence electrons. The summed E-state index contributed by atoms with van der Waals surface area (Å²) in [6.07, 6.45) is 1.16. The molecule has 0 radical (unpaired) electrons. The van der Waals surface area contributed by atoms with E-state index in [2.05, 4.69) is 14.7 Å². The maximum absolute atomic E-state index is 13.5. The number of rotatable bonds is 3. The molecule has 0 unspecified atom stereocenters. The third-order valence-electron chi connectivity index (χ3n) is 2.14. The first-order chi connectivity index (χ1) is 8.38. The average molecular weight is 290 g/mol. The summed E-state index contributed by atoms with van der Waals surface area (Å²) in [6, 6.07) is 3.66. The molecule has 0 aliphatic heterocycles. The molecular formula is C10H9ClFN3O2S. The molecule has 0 amide bonds. The highest BCUT2D eigenvalue weighted by Crippen LogP contribution is 2.21. The zero-order valence-corrected chi connectivity index (χ0v) is 10.8.